The van der Waals surface area contributed by atoms with E-state index in [-0.39, 0.29) is 16.3 Å². The number of rotatable bonds is 1. The summed E-state index contributed by atoms with van der Waals surface area (Å²) in [4.78, 5) is 17.5. The lowest BCUT2D eigenvalue weighted by Gasteiger charge is -1.98. The number of H-pyrrole nitrogens is 1. The second-order valence-electron chi connectivity index (χ2n) is 2.06. The van der Waals surface area contributed by atoms with Gasteiger partial charge in [-0.05, 0) is 18.7 Å². The van der Waals surface area contributed by atoms with Crippen molar-refractivity contribution in [2.45, 2.75) is 11.8 Å². The maximum atomic E-state index is 11.1. The average Bonchev–Trinajstić information content (AvgIpc) is 1.96. The van der Waals surface area contributed by atoms with Crippen LogP contribution in [0.15, 0.2) is 9.69 Å². The Kier molecular flexibility index (Phi) is 2.35. The number of aryl methyl sites for hydroxylation is 1. The number of anilines is 1. The molecule has 0 aliphatic rings. The van der Waals surface area contributed by atoms with Gasteiger partial charge in [-0.1, -0.05) is 0 Å². The average molecular weight is 182 g/mol. The number of nitriles is 1. The third-order valence-corrected chi connectivity index (χ3v) is 1.86. The Morgan fingerprint density at radius 2 is 2.42 bits per heavy atom. The van der Waals surface area contributed by atoms with Crippen LogP contribution in [0.4, 0.5) is 5.82 Å². The Balaban J connectivity index is 3.31. The molecule has 0 spiro atoms. The van der Waals surface area contributed by atoms with Crippen molar-refractivity contribution >= 4 is 17.6 Å². The van der Waals surface area contributed by atoms with Crippen LogP contribution in [0, 0.1) is 17.6 Å². The van der Waals surface area contributed by atoms with Crippen LogP contribution in [-0.2, 0) is 0 Å². The van der Waals surface area contributed by atoms with Gasteiger partial charge in [-0.25, -0.2) is 4.98 Å². The number of nitrogen functional groups attached to an aromatic ring is 1. The number of hydrogen-bond acceptors (Lipinski definition) is 5. The molecule has 5 nitrogen and oxygen atoms in total. The van der Waals surface area contributed by atoms with Crippen molar-refractivity contribution in [2.24, 2.45) is 0 Å². The topological polar surface area (TPSA) is 95.6 Å². The van der Waals surface area contributed by atoms with Crippen LogP contribution in [-0.4, -0.2) is 9.97 Å². The van der Waals surface area contributed by atoms with Crippen molar-refractivity contribution in [2.75, 3.05) is 5.73 Å². The predicted octanol–water partition coefficient (Wildman–Crippen LogP) is 0.234. The Bertz CT molecular complexity index is 392. The summed E-state index contributed by atoms with van der Waals surface area (Å²) in [5, 5.41) is 10.1. The molecule has 6 heteroatoms. The number of nitrogens with two attached hydrogens (primary N) is 1. The van der Waals surface area contributed by atoms with E-state index < -0.39 is 0 Å². The molecule has 0 unspecified atom stereocenters. The number of nitrogens with one attached hydrogen (secondary N) is 1. The summed E-state index contributed by atoms with van der Waals surface area (Å²) in [5.74, 6) is 0.544. The van der Waals surface area contributed by atoms with Crippen LogP contribution in [0.1, 0.15) is 5.82 Å². The van der Waals surface area contributed by atoms with E-state index in [1.165, 1.54) is 0 Å². The molecule has 0 saturated carbocycles. The van der Waals surface area contributed by atoms with Crippen molar-refractivity contribution in [3.8, 4) is 5.40 Å². The lowest BCUT2D eigenvalue weighted by Crippen LogP contribution is -2.14. The molecule has 0 saturated heterocycles. The van der Waals surface area contributed by atoms with Crippen molar-refractivity contribution in [3.63, 3.8) is 0 Å². The molecular formula is C6H6N4OS. The number of aromatic amines is 1. The van der Waals surface area contributed by atoms with E-state index in [0.717, 1.165) is 0 Å². The first-order valence-corrected chi connectivity index (χ1v) is 3.89. The van der Waals surface area contributed by atoms with Gasteiger partial charge < -0.3 is 10.7 Å². The van der Waals surface area contributed by atoms with E-state index in [1.807, 2.05) is 0 Å². The molecule has 3 N–H and O–H groups in total. The van der Waals surface area contributed by atoms with Crippen LogP contribution >= 0.6 is 11.8 Å². The molecule has 1 heterocycles. The number of thioether (sulfide) groups is 1. The minimum atomic E-state index is -0.369. The van der Waals surface area contributed by atoms with Crippen molar-refractivity contribution in [1.82, 2.24) is 9.97 Å². The lowest BCUT2D eigenvalue weighted by molar-refractivity contribution is 0.979. The Morgan fingerprint density at radius 1 is 1.75 bits per heavy atom. The minimum Gasteiger partial charge on any atom is -0.383 e. The number of thiocyanates is 1. The van der Waals surface area contributed by atoms with Gasteiger partial charge in [0.25, 0.3) is 5.56 Å². The highest BCUT2D eigenvalue weighted by atomic mass is 32.2. The van der Waals surface area contributed by atoms with Crippen LogP contribution in [0.3, 0.4) is 0 Å². The molecule has 0 radical (unpaired) electrons. The van der Waals surface area contributed by atoms with Crippen LogP contribution in [0.25, 0.3) is 0 Å². The lowest BCUT2D eigenvalue weighted by atomic mass is 10.5. The second-order valence-corrected chi connectivity index (χ2v) is 2.85. The largest absolute Gasteiger partial charge is 0.383 e. The molecule has 62 valence electrons. The Morgan fingerprint density at radius 3 is 2.92 bits per heavy atom. The maximum Gasteiger partial charge on any atom is 0.267 e. The van der Waals surface area contributed by atoms with Crippen LogP contribution < -0.4 is 11.3 Å². The molecule has 1 rings (SSSR count). The summed E-state index contributed by atoms with van der Waals surface area (Å²) >= 11 is 0.712. The molecule has 0 fully saturated rings. The van der Waals surface area contributed by atoms with Gasteiger partial charge in [-0.15, -0.1) is 0 Å². The maximum absolute atomic E-state index is 11.1. The van der Waals surface area contributed by atoms with Crippen molar-refractivity contribution < 1.29 is 0 Å². The fraction of sp³-hybridized carbons (Fsp3) is 0.167. The van der Waals surface area contributed by atoms with Gasteiger partial charge in [0.05, 0.1) is 0 Å². The highest BCUT2D eigenvalue weighted by Gasteiger charge is 2.06. The molecule has 0 aromatic carbocycles. The molecule has 12 heavy (non-hydrogen) atoms. The summed E-state index contributed by atoms with van der Waals surface area (Å²) in [6, 6.07) is 0. The van der Waals surface area contributed by atoms with Gasteiger partial charge in [-0.2, -0.15) is 5.26 Å². The zero-order valence-corrected chi connectivity index (χ0v) is 7.10. The zero-order chi connectivity index (χ0) is 9.14. The Hall–Kier alpha value is -1.48. The summed E-state index contributed by atoms with van der Waals surface area (Å²) in [7, 11) is 0. The number of nitrogens with zero attached hydrogens (tertiary/aromatic N) is 2. The van der Waals surface area contributed by atoms with Gasteiger partial charge in [0.15, 0.2) is 0 Å². The smallest absolute Gasteiger partial charge is 0.267 e. The van der Waals surface area contributed by atoms with E-state index in [1.54, 1.807) is 12.3 Å². The number of aromatic nitrogens is 2. The van der Waals surface area contributed by atoms with Crippen LogP contribution in [0.2, 0.25) is 0 Å². The normalized spacial score (nSPS) is 9.33. The van der Waals surface area contributed by atoms with Gasteiger partial charge in [-0.3, -0.25) is 4.79 Å². The third-order valence-electron chi connectivity index (χ3n) is 1.17. The fourth-order valence-electron chi connectivity index (χ4n) is 0.741. The second kappa shape index (κ2) is 3.28. The number of hydrogen-bond donors (Lipinski definition) is 2. The first kappa shape index (κ1) is 8.62. The van der Waals surface area contributed by atoms with E-state index in [0.29, 0.717) is 17.6 Å². The van der Waals surface area contributed by atoms with Crippen LogP contribution in [0.5, 0.6) is 0 Å². The van der Waals surface area contributed by atoms with E-state index >= 15 is 0 Å². The fourth-order valence-corrected chi connectivity index (χ4v) is 1.13. The van der Waals surface area contributed by atoms with Crippen molar-refractivity contribution in [3.05, 3.63) is 16.2 Å². The molecule has 0 atom stereocenters. The molecule has 0 amide bonds. The van der Waals surface area contributed by atoms with Gasteiger partial charge >= 0.3 is 0 Å². The minimum absolute atomic E-state index is 0.0998. The molecule has 0 aliphatic carbocycles. The van der Waals surface area contributed by atoms with Crippen molar-refractivity contribution in [1.29, 1.82) is 5.26 Å². The predicted molar refractivity (Wildman–Crippen MR) is 45.5 cm³/mol. The standard InChI is InChI=1S/C6H6N4OS/c1-3-9-5(8)4(12-2-7)6(11)10-3/h1H3,(H3,8,9,10,11). The van der Waals surface area contributed by atoms with E-state index in [9.17, 15) is 4.79 Å². The summed E-state index contributed by atoms with van der Waals surface area (Å²) < 4.78 is 0. The highest BCUT2D eigenvalue weighted by molar-refractivity contribution is 8.03. The van der Waals surface area contributed by atoms with Gasteiger partial charge in [0, 0.05) is 0 Å². The monoisotopic (exact) mass is 182 g/mol. The third kappa shape index (κ3) is 1.57. The summed E-state index contributed by atoms with van der Waals surface area (Å²) in [5.41, 5.74) is 5.04. The van der Waals surface area contributed by atoms with E-state index in [2.05, 4.69) is 9.97 Å². The molecule has 1 aromatic rings. The summed E-state index contributed by atoms with van der Waals surface area (Å²) in [6.45, 7) is 1.62. The summed E-state index contributed by atoms with van der Waals surface area (Å²) in [6.07, 6.45) is 0. The Labute approximate surface area is 72.6 Å². The SMILES string of the molecule is Cc1nc(N)c(SC#N)c(=O)[nH]1. The molecule has 0 aliphatic heterocycles. The molecule has 1 aromatic heterocycles. The van der Waals surface area contributed by atoms with Gasteiger partial charge in [0.2, 0.25) is 0 Å². The molecule has 0 bridgehead atoms. The first-order chi connectivity index (χ1) is 5.65. The first-order valence-electron chi connectivity index (χ1n) is 3.07. The quantitative estimate of drug-likeness (QED) is 0.479. The van der Waals surface area contributed by atoms with Gasteiger partial charge in [0.1, 0.15) is 21.9 Å². The zero-order valence-electron chi connectivity index (χ0n) is 6.29. The highest BCUT2D eigenvalue weighted by Crippen LogP contribution is 2.16. The van der Waals surface area contributed by atoms with E-state index in [4.69, 9.17) is 11.0 Å². The molecular weight excluding hydrogens is 176 g/mol.